The van der Waals surface area contributed by atoms with Crippen LogP contribution in [0.4, 0.5) is 0 Å². The molecule has 0 aliphatic rings. The van der Waals surface area contributed by atoms with E-state index in [1.165, 1.54) is 19.3 Å². The minimum absolute atomic E-state index is 0.253. The number of hydrogen-bond acceptors (Lipinski definition) is 2. The zero-order valence-electron chi connectivity index (χ0n) is 11.2. The van der Waals surface area contributed by atoms with Gasteiger partial charge in [-0.3, -0.25) is 0 Å². The molecular weight excluding hydrogens is 228 g/mol. The molecule has 0 fully saturated rings. The Morgan fingerprint density at radius 3 is 2.61 bits per heavy atom. The number of hydrogen-bond donors (Lipinski definition) is 1. The van der Waals surface area contributed by atoms with Gasteiger partial charge in [0.25, 0.3) is 0 Å². The van der Waals surface area contributed by atoms with Crippen molar-refractivity contribution in [1.29, 1.82) is 0 Å². The summed E-state index contributed by atoms with van der Waals surface area (Å²) in [4.78, 5) is 11.1. The predicted molar refractivity (Wildman–Crippen MR) is 72.4 cm³/mol. The number of carboxylic acid groups (broad SMARTS) is 1. The fourth-order valence-electron chi connectivity index (χ4n) is 1.89. The molecule has 3 nitrogen and oxygen atoms in total. The van der Waals surface area contributed by atoms with Crippen molar-refractivity contribution in [2.24, 2.45) is 0 Å². The molecule has 0 saturated carbocycles. The molecule has 0 aliphatic heterocycles. The van der Waals surface area contributed by atoms with E-state index in [1.54, 1.807) is 12.1 Å². The van der Waals surface area contributed by atoms with Gasteiger partial charge in [0.05, 0.1) is 6.61 Å². The van der Waals surface area contributed by atoms with E-state index in [1.807, 2.05) is 13.0 Å². The van der Waals surface area contributed by atoms with Crippen molar-refractivity contribution in [3.8, 4) is 5.75 Å². The summed E-state index contributed by atoms with van der Waals surface area (Å²) in [6, 6.07) is 5.20. The number of rotatable bonds is 8. The molecule has 1 N–H and O–H groups in total. The van der Waals surface area contributed by atoms with E-state index >= 15 is 0 Å². The highest BCUT2D eigenvalue weighted by molar-refractivity contribution is 5.91. The zero-order chi connectivity index (χ0) is 13.4. The van der Waals surface area contributed by atoms with Gasteiger partial charge in [0.2, 0.25) is 0 Å². The van der Waals surface area contributed by atoms with Crippen molar-refractivity contribution in [3.63, 3.8) is 0 Å². The molecule has 0 spiro atoms. The SMILES string of the molecule is CCCCCCCOc1c(C)cccc1C(=O)O. The first-order valence-electron chi connectivity index (χ1n) is 6.62. The maximum absolute atomic E-state index is 11.1. The van der Waals surface area contributed by atoms with Crippen LogP contribution in [0.2, 0.25) is 0 Å². The number of benzene rings is 1. The molecule has 18 heavy (non-hydrogen) atoms. The normalized spacial score (nSPS) is 10.3. The highest BCUT2D eigenvalue weighted by atomic mass is 16.5. The van der Waals surface area contributed by atoms with Gasteiger partial charge in [0.15, 0.2) is 0 Å². The third-order valence-corrected chi connectivity index (χ3v) is 2.94. The molecule has 0 amide bonds. The maximum atomic E-state index is 11.1. The molecule has 0 radical (unpaired) electrons. The average Bonchev–Trinajstić information content (AvgIpc) is 2.34. The Bertz CT molecular complexity index is 385. The summed E-state index contributed by atoms with van der Waals surface area (Å²) < 4.78 is 5.63. The Hall–Kier alpha value is -1.51. The molecule has 0 heterocycles. The number of aryl methyl sites for hydroxylation is 1. The summed E-state index contributed by atoms with van der Waals surface area (Å²) in [6.45, 7) is 4.65. The van der Waals surface area contributed by atoms with E-state index in [0.29, 0.717) is 12.4 Å². The van der Waals surface area contributed by atoms with Crippen LogP contribution in [0.5, 0.6) is 5.75 Å². The van der Waals surface area contributed by atoms with Gasteiger partial charge in [-0.1, -0.05) is 44.7 Å². The lowest BCUT2D eigenvalue weighted by Gasteiger charge is -2.11. The zero-order valence-corrected chi connectivity index (χ0v) is 11.2. The van der Waals surface area contributed by atoms with E-state index in [9.17, 15) is 4.79 Å². The monoisotopic (exact) mass is 250 g/mol. The first kappa shape index (κ1) is 14.6. The van der Waals surface area contributed by atoms with Crippen molar-refractivity contribution < 1.29 is 14.6 Å². The number of carbonyl (C=O) groups is 1. The summed E-state index contributed by atoms with van der Waals surface area (Å²) in [5.74, 6) is -0.417. The smallest absolute Gasteiger partial charge is 0.339 e. The second-order valence-corrected chi connectivity index (χ2v) is 4.52. The van der Waals surface area contributed by atoms with Crippen LogP contribution in [0.15, 0.2) is 18.2 Å². The van der Waals surface area contributed by atoms with Crippen LogP contribution in [0, 0.1) is 6.92 Å². The minimum Gasteiger partial charge on any atom is -0.492 e. The molecule has 0 unspecified atom stereocenters. The Balaban J connectivity index is 2.48. The second-order valence-electron chi connectivity index (χ2n) is 4.52. The molecule has 1 rings (SSSR count). The van der Waals surface area contributed by atoms with Crippen molar-refractivity contribution in [2.75, 3.05) is 6.61 Å². The van der Waals surface area contributed by atoms with E-state index in [0.717, 1.165) is 18.4 Å². The summed E-state index contributed by atoms with van der Waals surface area (Å²) in [5.41, 5.74) is 1.13. The number of para-hydroxylation sites is 1. The summed E-state index contributed by atoms with van der Waals surface area (Å²) in [6.07, 6.45) is 5.82. The fraction of sp³-hybridized carbons (Fsp3) is 0.533. The second kappa shape index (κ2) is 7.75. The van der Waals surface area contributed by atoms with Crippen LogP contribution < -0.4 is 4.74 Å². The van der Waals surface area contributed by atoms with Gasteiger partial charge in [0.1, 0.15) is 11.3 Å². The van der Waals surface area contributed by atoms with Gasteiger partial charge >= 0.3 is 5.97 Å². The molecule has 3 heteroatoms. The van der Waals surface area contributed by atoms with Gasteiger partial charge in [-0.25, -0.2) is 4.79 Å². The summed E-state index contributed by atoms with van der Waals surface area (Å²) in [5, 5.41) is 9.08. The van der Waals surface area contributed by atoms with Crippen LogP contribution in [0.25, 0.3) is 0 Å². The highest BCUT2D eigenvalue weighted by Crippen LogP contribution is 2.23. The molecule has 0 atom stereocenters. The first-order chi connectivity index (χ1) is 8.66. The van der Waals surface area contributed by atoms with E-state index in [4.69, 9.17) is 9.84 Å². The molecule has 0 saturated heterocycles. The maximum Gasteiger partial charge on any atom is 0.339 e. The number of ether oxygens (including phenoxy) is 1. The molecule has 1 aromatic carbocycles. The van der Waals surface area contributed by atoms with Crippen molar-refractivity contribution in [3.05, 3.63) is 29.3 Å². The third kappa shape index (κ3) is 4.40. The van der Waals surface area contributed by atoms with Gasteiger partial charge < -0.3 is 9.84 Å². The molecule has 100 valence electrons. The Morgan fingerprint density at radius 1 is 1.22 bits per heavy atom. The molecule has 0 aliphatic carbocycles. The molecular formula is C15H22O3. The topological polar surface area (TPSA) is 46.5 Å². The van der Waals surface area contributed by atoms with Gasteiger partial charge in [-0.2, -0.15) is 0 Å². The average molecular weight is 250 g/mol. The predicted octanol–water partition coefficient (Wildman–Crippen LogP) is 4.04. The van der Waals surface area contributed by atoms with Crippen molar-refractivity contribution >= 4 is 5.97 Å². The number of aromatic carboxylic acids is 1. The van der Waals surface area contributed by atoms with Crippen LogP contribution >= 0.6 is 0 Å². The Labute approximate surface area is 109 Å². The van der Waals surface area contributed by atoms with E-state index in [-0.39, 0.29) is 5.56 Å². The quantitative estimate of drug-likeness (QED) is 0.708. The van der Waals surface area contributed by atoms with Crippen LogP contribution in [0.3, 0.4) is 0 Å². The lowest BCUT2D eigenvalue weighted by molar-refractivity contribution is 0.0692. The third-order valence-electron chi connectivity index (χ3n) is 2.94. The first-order valence-corrected chi connectivity index (χ1v) is 6.62. The standard InChI is InChI=1S/C15H22O3/c1-3-4-5-6-7-11-18-14-12(2)9-8-10-13(14)15(16)17/h8-10H,3-7,11H2,1-2H3,(H,16,17). The fourth-order valence-corrected chi connectivity index (χ4v) is 1.89. The van der Waals surface area contributed by atoms with Gasteiger partial charge in [-0.15, -0.1) is 0 Å². The van der Waals surface area contributed by atoms with Gasteiger partial charge in [0, 0.05) is 0 Å². The van der Waals surface area contributed by atoms with Crippen LogP contribution in [-0.4, -0.2) is 17.7 Å². The largest absolute Gasteiger partial charge is 0.492 e. The number of unbranched alkanes of at least 4 members (excludes halogenated alkanes) is 4. The van der Waals surface area contributed by atoms with Crippen LogP contribution in [0.1, 0.15) is 54.9 Å². The Morgan fingerprint density at radius 2 is 1.94 bits per heavy atom. The molecule has 0 aromatic heterocycles. The highest BCUT2D eigenvalue weighted by Gasteiger charge is 2.12. The summed E-state index contributed by atoms with van der Waals surface area (Å²) >= 11 is 0. The molecule has 0 bridgehead atoms. The van der Waals surface area contributed by atoms with Crippen molar-refractivity contribution in [2.45, 2.75) is 46.0 Å². The number of carboxylic acids is 1. The van der Waals surface area contributed by atoms with Crippen LogP contribution in [-0.2, 0) is 0 Å². The van der Waals surface area contributed by atoms with Crippen molar-refractivity contribution in [1.82, 2.24) is 0 Å². The van der Waals surface area contributed by atoms with E-state index < -0.39 is 5.97 Å². The van der Waals surface area contributed by atoms with E-state index in [2.05, 4.69) is 6.92 Å². The van der Waals surface area contributed by atoms with Gasteiger partial charge in [-0.05, 0) is 25.0 Å². The molecule has 1 aromatic rings. The minimum atomic E-state index is -0.931. The summed E-state index contributed by atoms with van der Waals surface area (Å²) in [7, 11) is 0. The lowest BCUT2D eigenvalue weighted by Crippen LogP contribution is -2.06. The lowest BCUT2D eigenvalue weighted by atomic mass is 10.1. The Kier molecular flexibility index (Phi) is 6.26.